The summed E-state index contributed by atoms with van der Waals surface area (Å²) in [6.07, 6.45) is 0. The first-order chi connectivity index (χ1) is 27.0. The fourth-order valence-corrected chi connectivity index (χ4v) is 9.37. The summed E-state index contributed by atoms with van der Waals surface area (Å²) in [6.45, 7) is 4.64. The van der Waals surface area contributed by atoms with E-state index < -0.39 is 0 Å². The topological polar surface area (TPSA) is 56.5 Å². The Hall–Kier alpha value is -6.76. The molecule has 10 aromatic rings. The van der Waals surface area contributed by atoms with Crippen LogP contribution in [0.3, 0.4) is 0 Å². The largest absolute Gasteiger partial charge is 0.309 e. The summed E-state index contributed by atoms with van der Waals surface area (Å²) in [6, 6.07) is 57.6. The normalized spacial score (nSPS) is 13.1. The van der Waals surface area contributed by atoms with Crippen LogP contribution in [0.2, 0.25) is 0 Å². The van der Waals surface area contributed by atoms with E-state index in [4.69, 9.17) is 19.9 Å². The first-order valence-electron chi connectivity index (χ1n) is 18.6. The molecule has 3 heterocycles. The number of benzene rings is 7. The van der Waals surface area contributed by atoms with E-state index >= 15 is 0 Å². The van der Waals surface area contributed by atoms with Gasteiger partial charge in [-0.3, -0.25) is 0 Å². The highest BCUT2D eigenvalue weighted by atomic mass is 32.1. The smallest absolute Gasteiger partial charge is 0.164 e. The molecule has 0 saturated heterocycles. The van der Waals surface area contributed by atoms with Crippen LogP contribution in [-0.4, -0.2) is 24.5 Å². The number of thiazole rings is 1. The van der Waals surface area contributed by atoms with Gasteiger partial charge < -0.3 is 4.57 Å². The second kappa shape index (κ2) is 12.1. The monoisotopic (exact) mass is 723 g/mol. The maximum atomic E-state index is 5.23. The summed E-state index contributed by atoms with van der Waals surface area (Å²) < 4.78 is 3.45. The van der Waals surface area contributed by atoms with Gasteiger partial charge in [-0.2, -0.15) is 0 Å². The minimum absolute atomic E-state index is 0.0700. The number of nitrogens with zero attached hydrogens (tertiary/aromatic N) is 5. The third-order valence-electron chi connectivity index (χ3n) is 11.1. The second-order valence-electron chi connectivity index (χ2n) is 14.7. The predicted octanol–water partition coefficient (Wildman–Crippen LogP) is 12.6. The molecule has 0 aliphatic heterocycles. The van der Waals surface area contributed by atoms with E-state index in [0.29, 0.717) is 17.5 Å². The SMILES string of the molecule is CC1(C)c2ccccc2-c2ccc(-c3nc4cc(-c5nc(-c6ccccc6)nc(-c6cccc7c6c6ccccc6n7-c6ccccc6)n5)ccc4s3)cc21. The van der Waals surface area contributed by atoms with Crippen molar-refractivity contribution in [2.45, 2.75) is 19.3 Å². The predicted molar refractivity (Wildman–Crippen MR) is 227 cm³/mol. The molecule has 6 heteroatoms. The van der Waals surface area contributed by atoms with E-state index in [0.717, 1.165) is 65.0 Å². The molecule has 7 aromatic carbocycles. The number of rotatable bonds is 5. The third kappa shape index (κ3) is 4.99. The Balaban J connectivity index is 1.06. The zero-order valence-electron chi connectivity index (χ0n) is 30.2. The van der Waals surface area contributed by atoms with Crippen molar-refractivity contribution in [3.8, 4) is 61.5 Å². The van der Waals surface area contributed by atoms with E-state index in [1.54, 1.807) is 11.3 Å². The van der Waals surface area contributed by atoms with Gasteiger partial charge in [0.2, 0.25) is 0 Å². The minimum atomic E-state index is -0.0700. The average Bonchev–Trinajstić information content (AvgIpc) is 3.89. The maximum Gasteiger partial charge on any atom is 0.164 e. The number of aromatic nitrogens is 5. The highest BCUT2D eigenvalue weighted by molar-refractivity contribution is 7.21. The van der Waals surface area contributed by atoms with Crippen molar-refractivity contribution in [1.29, 1.82) is 0 Å². The molecule has 0 bridgehead atoms. The minimum Gasteiger partial charge on any atom is -0.309 e. The fraction of sp³-hybridized carbons (Fsp3) is 0.0612. The Labute approximate surface area is 322 Å². The van der Waals surface area contributed by atoms with Gasteiger partial charge in [0.15, 0.2) is 17.5 Å². The van der Waals surface area contributed by atoms with Gasteiger partial charge in [0.05, 0.1) is 21.3 Å². The van der Waals surface area contributed by atoms with Crippen LogP contribution in [-0.2, 0) is 5.41 Å². The molecule has 5 nitrogen and oxygen atoms in total. The number of para-hydroxylation sites is 2. The van der Waals surface area contributed by atoms with Gasteiger partial charge in [-0.15, -0.1) is 11.3 Å². The van der Waals surface area contributed by atoms with Gasteiger partial charge in [0.25, 0.3) is 0 Å². The van der Waals surface area contributed by atoms with Gasteiger partial charge in [-0.25, -0.2) is 19.9 Å². The number of fused-ring (bicyclic) bond motifs is 7. The Morgan fingerprint density at radius 1 is 0.473 bits per heavy atom. The second-order valence-corrected chi connectivity index (χ2v) is 15.7. The highest BCUT2D eigenvalue weighted by Crippen LogP contribution is 2.50. The zero-order chi connectivity index (χ0) is 36.7. The summed E-state index contributed by atoms with van der Waals surface area (Å²) in [5, 5.41) is 3.26. The summed E-state index contributed by atoms with van der Waals surface area (Å²) in [7, 11) is 0. The maximum absolute atomic E-state index is 5.23. The molecular formula is C49H33N5S. The van der Waals surface area contributed by atoms with Crippen LogP contribution in [0, 0.1) is 0 Å². The van der Waals surface area contributed by atoms with Gasteiger partial charge in [0.1, 0.15) is 5.01 Å². The standard InChI is InChI=1S/C49H33N5S/c1-49(2)38-21-11-9-18-34(38)35-26-24-32(28-39(35)49)48-50-40-29-31(25-27-43(40)55-48)46-51-45(30-14-5-3-6-15-30)52-47(53-46)37-20-13-23-42-44(37)36-19-10-12-22-41(36)54(42)33-16-7-4-8-17-33/h3-29H,1-2H3. The van der Waals surface area contributed by atoms with Crippen LogP contribution < -0.4 is 0 Å². The summed E-state index contributed by atoms with van der Waals surface area (Å²) >= 11 is 1.72. The van der Waals surface area contributed by atoms with Crippen LogP contribution in [0.25, 0.3) is 93.6 Å². The van der Waals surface area contributed by atoms with Crippen molar-refractivity contribution in [3.05, 3.63) is 175 Å². The van der Waals surface area contributed by atoms with Crippen LogP contribution in [0.5, 0.6) is 0 Å². The van der Waals surface area contributed by atoms with E-state index in [1.807, 2.05) is 18.2 Å². The highest BCUT2D eigenvalue weighted by Gasteiger charge is 2.35. The van der Waals surface area contributed by atoms with Gasteiger partial charge in [-0.05, 0) is 70.8 Å². The Bertz CT molecular complexity index is 3120. The summed E-state index contributed by atoms with van der Waals surface area (Å²) in [4.78, 5) is 20.7. The molecule has 3 aromatic heterocycles. The molecule has 0 fully saturated rings. The average molecular weight is 724 g/mol. The van der Waals surface area contributed by atoms with Crippen LogP contribution >= 0.6 is 11.3 Å². The van der Waals surface area contributed by atoms with Crippen molar-refractivity contribution in [2.75, 3.05) is 0 Å². The summed E-state index contributed by atoms with van der Waals surface area (Å²) in [5.74, 6) is 1.87. The number of hydrogen-bond donors (Lipinski definition) is 0. The van der Waals surface area contributed by atoms with Crippen LogP contribution in [0.1, 0.15) is 25.0 Å². The van der Waals surface area contributed by atoms with E-state index in [9.17, 15) is 0 Å². The third-order valence-corrected chi connectivity index (χ3v) is 12.2. The fourth-order valence-electron chi connectivity index (χ4n) is 8.43. The molecule has 0 radical (unpaired) electrons. The van der Waals surface area contributed by atoms with Gasteiger partial charge in [0, 0.05) is 44.1 Å². The van der Waals surface area contributed by atoms with Gasteiger partial charge >= 0.3 is 0 Å². The van der Waals surface area contributed by atoms with Crippen molar-refractivity contribution >= 4 is 43.4 Å². The van der Waals surface area contributed by atoms with Crippen molar-refractivity contribution in [1.82, 2.24) is 24.5 Å². The van der Waals surface area contributed by atoms with Crippen molar-refractivity contribution in [2.24, 2.45) is 0 Å². The van der Waals surface area contributed by atoms with E-state index in [1.165, 1.54) is 22.3 Å². The molecule has 260 valence electrons. The number of hydrogen-bond acceptors (Lipinski definition) is 5. The lowest BCUT2D eigenvalue weighted by molar-refractivity contribution is 0.660. The lowest BCUT2D eigenvalue weighted by atomic mass is 9.82. The molecular weight excluding hydrogens is 691 g/mol. The lowest BCUT2D eigenvalue weighted by Crippen LogP contribution is -2.14. The molecule has 55 heavy (non-hydrogen) atoms. The molecule has 1 aliphatic carbocycles. The van der Waals surface area contributed by atoms with E-state index in [-0.39, 0.29) is 5.41 Å². The Morgan fingerprint density at radius 2 is 1.13 bits per heavy atom. The first-order valence-corrected chi connectivity index (χ1v) is 19.4. The first kappa shape index (κ1) is 31.7. The molecule has 11 rings (SSSR count). The lowest BCUT2D eigenvalue weighted by Gasteiger charge is -2.21. The van der Waals surface area contributed by atoms with E-state index in [2.05, 4.69) is 164 Å². The van der Waals surface area contributed by atoms with Crippen molar-refractivity contribution < 1.29 is 0 Å². The van der Waals surface area contributed by atoms with Crippen LogP contribution in [0.15, 0.2) is 164 Å². The quantitative estimate of drug-likeness (QED) is 0.177. The molecule has 0 amide bonds. The van der Waals surface area contributed by atoms with Gasteiger partial charge in [-0.1, -0.05) is 129 Å². The Kier molecular flexibility index (Phi) is 7.00. The molecule has 0 N–H and O–H groups in total. The molecule has 0 atom stereocenters. The molecule has 1 aliphatic rings. The molecule has 0 unspecified atom stereocenters. The Morgan fingerprint density at radius 3 is 1.98 bits per heavy atom. The zero-order valence-corrected chi connectivity index (χ0v) is 31.0. The summed E-state index contributed by atoms with van der Waals surface area (Å²) in [5.41, 5.74) is 13.5. The molecule has 0 saturated carbocycles. The molecule has 0 spiro atoms. The van der Waals surface area contributed by atoms with Crippen LogP contribution in [0.4, 0.5) is 0 Å². The van der Waals surface area contributed by atoms with Crippen molar-refractivity contribution in [3.63, 3.8) is 0 Å².